The maximum Gasteiger partial charge on any atom is 0.275 e. The van der Waals surface area contributed by atoms with E-state index in [2.05, 4.69) is 5.32 Å². The quantitative estimate of drug-likeness (QED) is 0.653. The first kappa shape index (κ1) is 18.0. The molecular weight excluding hydrogens is 351 g/mol. The van der Waals surface area contributed by atoms with Crippen molar-refractivity contribution in [2.24, 2.45) is 0 Å². The molecule has 140 valence electrons. The Bertz CT molecular complexity index is 1020. The minimum atomic E-state index is -0.302. The summed E-state index contributed by atoms with van der Waals surface area (Å²) in [5.74, 6) is -0.407. The Kier molecular flexibility index (Phi) is 4.70. The third-order valence-electron chi connectivity index (χ3n) is 4.91. The minimum Gasteiger partial charge on any atom is -0.351 e. The number of nitrogens with zero attached hydrogens (tertiary/aromatic N) is 1. The second kappa shape index (κ2) is 7.31. The molecule has 1 heterocycles. The van der Waals surface area contributed by atoms with E-state index in [1.54, 1.807) is 17.0 Å². The number of carbonyl (C=O) groups excluding carboxylic acids is 1. The van der Waals surface area contributed by atoms with Crippen LogP contribution in [0.5, 0.6) is 0 Å². The van der Waals surface area contributed by atoms with E-state index in [9.17, 15) is 9.18 Å². The average Bonchev–Trinajstić information content (AvgIpc) is 3.01. The summed E-state index contributed by atoms with van der Waals surface area (Å²) < 4.78 is 13.4. The monoisotopic (exact) mass is 372 g/mol. The van der Waals surface area contributed by atoms with Gasteiger partial charge in [0, 0.05) is 11.4 Å². The summed E-state index contributed by atoms with van der Waals surface area (Å²) in [6.07, 6.45) is 1.90. The summed E-state index contributed by atoms with van der Waals surface area (Å²) in [5, 5.41) is 3.24. The Morgan fingerprint density at radius 1 is 0.821 bits per heavy atom. The van der Waals surface area contributed by atoms with Crippen LogP contribution in [-0.4, -0.2) is 5.91 Å². The molecule has 3 aromatic rings. The fraction of sp³-hybridized carbons (Fsp3) is 0.125. The van der Waals surface area contributed by atoms with Crippen LogP contribution in [0.15, 0.2) is 84.6 Å². The zero-order valence-electron chi connectivity index (χ0n) is 15.8. The van der Waals surface area contributed by atoms with E-state index in [1.165, 1.54) is 12.1 Å². The number of rotatable bonds is 4. The van der Waals surface area contributed by atoms with Gasteiger partial charge in [-0.3, -0.25) is 9.69 Å². The van der Waals surface area contributed by atoms with Crippen molar-refractivity contribution in [3.63, 3.8) is 0 Å². The third kappa shape index (κ3) is 3.54. The predicted molar refractivity (Wildman–Crippen MR) is 111 cm³/mol. The molecule has 0 spiro atoms. The normalized spacial score (nSPS) is 16.2. The molecule has 0 saturated heterocycles. The Balaban J connectivity index is 1.72. The molecule has 28 heavy (non-hydrogen) atoms. The smallest absolute Gasteiger partial charge is 0.275 e. The molecule has 0 aliphatic carbocycles. The lowest BCUT2D eigenvalue weighted by molar-refractivity contribution is -0.114. The largest absolute Gasteiger partial charge is 0.351 e. The topological polar surface area (TPSA) is 32.3 Å². The van der Waals surface area contributed by atoms with Crippen LogP contribution in [0.4, 0.5) is 15.8 Å². The summed E-state index contributed by atoms with van der Waals surface area (Å²) in [5.41, 5.74) is 5.31. The number of benzene rings is 3. The van der Waals surface area contributed by atoms with E-state index in [4.69, 9.17) is 0 Å². The summed E-state index contributed by atoms with van der Waals surface area (Å²) in [6.45, 7) is 4.03. The van der Waals surface area contributed by atoms with Crippen LogP contribution in [0.25, 0.3) is 0 Å². The Labute approximate surface area is 164 Å². The number of carbonyl (C=O) groups is 1. The van der Waals surface area contributed by atoms with Gasteiger partial charge in [-0.15, -0.1) is 0 Å². The van der Waals surface area contributed by atoms with Gasteiger partial charge in [-0.2, -0.15) is 0 Å². The zero-order valence-corrected chi connectivity index (χ0v) is 15.8. The number of halogens is 1. The number of amides is 1. The summed E-state index contributed by atoms with van der Waals surface area (Å²) in [7, 11) is 0. The molecule has 0 unspecified atom stereocenters. The van der Waals surface area contributed by atoms with Crippen LogP contribution in [-0.2, 0) is 4.79 Å². The van der Waals surface area contributed by atoms with Gasteiger partial charge in [0.1, 0.15) is 11.5 Å². The first-order valence-corrected chi connectivity index (χ1v) is 9.22. The molecule has 3 nitrogen and oxygen atoms in total. The summed E-state index contributed by atoms with van der Waals surface area (Å²) in [4.78, 5) is 15.0. The van der Waals surface area contributed by atoms with Crippen molar-refractivity contribution in [3.05, 3.63) is 107 Å². The lowest BCUT2D eigenvalue weighted by Gasteiger charge is -2.25. The van der Waals surface area contributed by atoms with E-state index in [0.29, 0.717) is 5.70 Å². The van der Waals surface area contributed by atoms with Gasteiger partial charge in [-0.1, -0.05) is 47.5 Å². The van der Waals surface area contributed by atoms with Gasteiger partial charge >= 0.3 is 0 Å². The second-order valence-electron chi connectivity index (χ2n) is 7.08. The molecule has 0 fully saturated rings. The molecule has 0 radical (unpaired) electrons. The second-order valence-corrected chi connectivity index (χ2v) is 7.08. The highest BCUT2D eigenvalue weighted by Gasteiger charge is 2.34. The van der Waals surface area contributed by atoms with Gasteiger partial charge in [0.25, 0.3) is 5.91 Å². The van der Waals surface area contributed by atoms with Crippen molar-refractivity contribution in [1.82, 2.24) is 0 Å². The van der Waals surface area contributed by atoms with Gasteiger partial charge in [-0.05, 0) is 61.9 Å². The van der Waals surface area contributed by atoms with Crippen molar-refractivity contribution in [1.29, 1.82) is 0 Å². The highest BCUT2D eigenvalue weighted by atomic mass is 19.1. The highest BCUT2D eigenvalue weighted by molar-refractivity contribution is 6.11. The molecule has 1 aliphatic rings. The zero-order chi connectivity index (χ0) is 19.7. The lowest BCUT2D eigenvalue weighted by Crippen LogP contribution is -2.30. The maximum atomic E-state index is 13.4. The number of hydrogen-bond donors (Lipinski definition) is 1. The van der Waals surface area contributed by atoms with Gasteiger partial charge in [0.2, 0.25) is 0 Å². The predicted octanol–water partition coefficient (Wildman–Crippen LogP) is 5.53. The van der Waals surface area contributed by atoms with Crippen LogP contribution in [0, 0.1) is 19.7 Å². The Morgan fingerprint density at radius 2 is 1.39 bits per heavy atom. The average molecular weight is 372 g/mol. The van der Waals surface area contributed by atoms with Gasteiger partial charge in [-0.25, -0.2) is 4.39 Å². The fourth-order valence-electron chi connectivity index (χ4n) is 3.34. The van der Waals surface area contributed by atoms with E-state index in [-0.39, 0.29) is 17.8 Å². The summed E-state index contributed by atoms with van der Waals surface area (Å²) >= 11 is 0. The fourth-order valence-corrected chi connectivity index (χ4v) is 3.34. The highest BCUT2D eigenvalue weighted by Crippen LogP contribution is 2.36. The van der Waals surface area contributed by atoms with Crippen molar-refractivity contribution in [2.45, 2.75) is 19.9 Å². The minimum absolute atomic E-state index is 0.112. The van der Waals surface area contributed by atoms with Crippen molar-refractivity contribution < 1.29 is 9.18 Å². The summed E-state index contributed by atoms with van der Waals surface area (Å²) in [6, 6.07) is 21.7. The molecule has 3 aromatic carbocycles. The SMILES string of the molecule is Cc1ccc(NC2=C[C@@H](c3ccc(F)cc3)N(c3ccc(C)cc3)C2=O)cc1. The molecule has 0 saturated carbocycles. The number of nitrogens with one attached hydrogen (secondary N) is 1. The van der Waals surface area contributed by atoms with Gasteiger partial charge in [0.05, 0.1) is 6.04 Å². The van der Waals surface area contributed by atoms with Gasteiger partial charge in [0.15, 0.2) is 0 Å². The van der Waals surface area contributed by atoms with Crippen LogP contribution in [0.3, 0.4) is 0 Å². The van der Waals surface area contributed by atoms with Crippen molar-refractivity contribution >= 4 is 17.3 Å². The molecule has 1 aliphatic heterocycles. The standard InChI is InChI=1S/C24H21FN2O/c1-16-3-11-20(12-4-16)26-22-15-23(18-7-9-19(25)10-8-18)27(24(22)28)21-13-5-17(2)6-14-21/h3-15,23,26H,1-2H3/t23-/m0/s1. The lowest BCUT2D eigenvalue weighted by atomic mass is 10.1. The number of hydrogen-bond acceptors (Lipinski definition) is 2. The van der Waals surface area contributed by atoms with Crippen LogP contribution >= 0.6 is 0 Å². The van der Waals surface area contributed by atoms with E-state index >= 15 is 0 Å². The Hall–Kier alpha value is -3.40. The Morgan fingerprint density at radius 3 is 2.00 bits per heavy atom. The first-order chi connectivity index (χ1) is 13.5. The first-order valence-electron chi connectivity index (χ1n) is 9.22. The number of aryl methyl sites for hydroxylation is 2. The van der Waals surface area contributed by atoms with Gasteiger partial charge < -0.3 is 5.32 Å². The molecule has 4 heteroatoms. The molecular formula is C24H21FN2O. The van der Waals surface area contributed by atoms with Crippen LogP contribution < -0.4 is 10.2 Å². The third-order valence-corrected chi connectivity index (χ3v) is 4.91. The maximum absolute atomic E-state index is 13.4. The molecule has 0 aromatic heterocycles. The molecule has 4 rings (SSSR count). The van der Waals surface area contributed by atoms with Crippen LogP contribution in [0.2, 0.25) is 0 Å². The molecule has 1 atom stereocenters. The van der Waals surface area contributed by atoms with E-state index in [0.717, 1.165) is 28.1 Å². The molecule has 1 N–H and O–H groups in total. The van der Waals surface area contributed by atoms with E-state index < -0.39 is 0 Å². The van der Waals surface area contributed by atoms with Crippen LogP contribution in [0.1, 0.15) is 22.7 Å². The molecule has 1 amide bonds. The number of anilines is 2. The van der Waals surface area contributed by atoms with Crippen molar-refractivity contribution in [3.8, 4) is 0 Å². The molecule has 0 bridgehead atoms. The van der Waals surface area contributed by atoms with E-state index in [1.807, 2.05) is 68.5 Å². The van der Waals surface area contributed by atoms with Crippen molar-refractivity contribution in [2.75, 3.05) is 10.2 Å².